The van der Waals surface area contributed by atoms with Crippen molar-refractivity contribution in [3.63, 3.8) is 0 Å². The van der Waals surface area contributed by atoms with Gasteiger partial charge in [0.25, 0.3) is 5.91 Å². The molecule has 0 atom stereocenters. The van der Waals surface area contributed by atoms with Crippen molar-refractivity contribution < 1.29 is 22.7 Å². The summed E-state index contributed by atoms with van der Waals surface area (Å²) >= 11 is 0. The topological polar surface area (TPSA) is 97.3 Å². The third-order valence-electron chi connectivity index (χ3n) is 3.78. The van der Waals surface area contributed by atoms with Crippen LogP contribution in [-0.4, -0.2) is 47.1 Å². The smallest absolute Gasteiger partial charge is 0.260 e. The first-order valence-corrected chi connectivity index (χ1v) is 9.78. The van der Waals surface area contributed by atoms with Crippen LogP contribution in [0, 0.1) is 5.41 Å². The molecule has 0 saturated heterocycles. The molecule has 0 aliphatic heterocycles. The maximum Gasteiger partial charge on any atom is 0.260 e. The summed E-state index contributed by atoms with van der Waals surface area (Å²) in [6.45, 7) is 7.25. The number of methoxy groups -OCH3 is 2. The Morgan fingerprint density at radius 2 is 1.85 bits per heavy atom. The molecule has 0 saturated carbocycles. The zero-order valence-electron chi connectivity index (χ0n) is 16.3. The Morgan fingerprint density at radius 3 is 2.31 bits per heavy atom. The summed E-state index contributed by atoms with van der Waals surface area (Å²) in [5.41, 5.74) is 3.15. The monoisotopic (exact) mass is 385 g/mol. The van der Waals surface area contributed by atoms with E-state index in [1.807, 2.05) is 20.8 Å². The lowest BCUT2D eigenvalue weighted by Gasteiger charge is -2.24. The summed E-state index contributed by atoms with van der Waals surface area (Å²) in [6.07, 6.45) is 1.02. The molecular formula is C17H27N3O5S. The second kappa shape index (κ2) is 8.39. The van der Waals surface area contributed by atoms with Gasteiger partial charge in [0.05, 0.1) is 26.2 Å². The summed E-state index contributed by atoms with van der Waals surface area (Å²) in [5.74, 6) is 0.225. The van der Waals surface area contributed by atoms with Gasteiger partial charge in [-0.15, -0.1) is 0 Å². The van der Waals surface area contributed by atoms with Gasteiger partial charge in [-0.2, -0.15) is 5.10 Å². The summed E-state index contributed by atoms with van der Waals surface area (Å²) < 4.78 is 35.7. The first-order chi connectivity index (χ1) is 11.9. The normalized spacial score (nSPS) is 12.5. The van der Waals surface area contributed by atoms with Gasteiger partial charge in [-0.25, -0.2) is 13.8 Å². The van der Waals surface area contributed by atoms with E-state index in [4.69, 9.17) is 9.47 Å². The minimum Gasteiger partial charge on any atom is -0.497 e. The zero-order valence-corrected chi connectivity index (χ0v) is 17.1. The Kier molecular flexibility index (Phi) is 7.02. The quantitative estimate of drug-likeness (QED) is 0.572. The lowest BCUT2D eigenvalue weighted by atomic mass is 9.91. The molecule has 0 aliphatic carbocycles. The minimum absolute atomic E-state index is 0.205. The van der Waals surface area contributed by atoms with Crippen molar-refractivity contribution in [2.45, 2.75) is 27.7 Å². The highest BCUT2D eigenvalue weighted by Gasteiger charge is 2.24. The van der Waals surface area contributed by atoms with E-state index in [0.29, 0.717) is 5.75 Å². The van der Waals surface area contributed by atoms with E-state index in [9.17, 15) is 13.2 Å². The predicted molar refractivity (Wildman–Crippen MR) is 102 cm³/mol. The second-order valence-corrected chi connectivity index (χ2v) is 8.70. The highest BCUT2D eigenvalue weighted by atomic mass is 32.2. The Balaban J connectivity index is 3.13. The molecule has 1 amide bonds. The summed E-state index contributed by atoms with van der Waals surface area (Å²) in [4.78, 5) is 12.2. The van der Waals surface area contributed by atoms with E-state index in [2.05, 4.69) is 10.5 Å². The van der Waals surface area contributed by atoms with E-state index in [-0.39, 0.29) is 16.9 Å². The molecule has 0 spiro atoms. The molecule has 0 fully saturated rings. The van der Waals surface area contributed by atoms with Gasteiger partial charge in [0, 0.05) is 17.2 Å². The van der Waals surface area contributed by atoms with Crippen LogP contribution in [-0.2, 0) is 14.8 Å². The van der Waals surface area contributed by atoms with Gasteiger partial charge >= 0.3 is 0 Å². The molecule has 1 aromatic rings. The van der Waals surface area contributed by atoms with Crippen LogP contribution in [0.4, 0.5) is 5.69 Å². The number of amides is 1. The maximum atomic E-state index is 12.2. The molecule has 26 heavy (non-hydrogen) atoms. The number of ether oxygens (including phenoxy) is 2. The molecule has 0 unspecified atom stereocenters. The average molecular weight is 385 g/mol. The Bertz CT molecular complexity index is 782. The van der Waals surface area contributed by atoms with Gasteiger partial charge < -0.3 is 9.47 Å². The minimum atomic E-state index is -3.73. The van der Waals surface area contributed by atoms with Crippen molar-refractivity contribution in [2.75, 3.05) is 31.3 Å². The van der Waals surface area contributed by atoms with Gasteiger partial charge in [0.2, 0.25) is 10.0 Å². The largest absolute Gasteiger partial charge is 0.497 e. The van der Waals surface area contributed by atoms with E-state index >= 15 is 0 Å². The first-order valence-electron chi connectivity index (χ1n) is 7.93. The molecule has 9 heteroatoms. The number of carbonyl (C=O) groups excluding carboxylic acids is 1. The first kappa shape index (κ1) is 21.8. The predicted octanol–water partition coefficient (Wildman–Crippen LogP) is 2.01. The van der Waals surface area contributed by atoms with Crippen molar-refractivity contribution in [3.8, 4) is 11.5 Å². The van der Waals surface area contributed by atoms with Crippen molar-refractivity contribution in [2.24, 2.45) is 10.5 Å². The van der Waals surface area contributed by atoms with Gasteiger partial charge in [-0.1, -0.05) is 20.8 Å². The van der Waals surface area contributed by atoms with E-state index in [1.54, 1.807) is 19.1 Å². The van der Waals surface area contributed by atoms with E-state index in [1.165, 1.54) is 20.3 Å². The summed E-state index contributed by atoms with van der Waals surface area (Å²) in [5, 5.41) is 4.04. The number of hydrazone groups is 1. The van der Waals surface area contributed by atoms with Crippen LogP contribution in [0.5, 0.6) is 11.5 Å². The number of anilines is 1. The highest BCUT2D eigenvalue weighted by Crippen LogP contribution is 2.33. The van der Waals surface area contributed by atoms with Gasteiger partial charge in [-0.3, -0.25) is 9.10 Å². The zero-order chi connectivity index (χ0) is 20.1. The molecule has 0 radical (unpaired) electrons. The van der Waals surface area contributed by atoms with Crippen LogP contribution >= 0.6 is 0 Å². The molecule has 0 aromatic heterocycles. The molecule has 8 nitrogen and oxygen atoms in total. The van der Waals surface area contributed by atoms with Crippen LogP contribution < -0.4 is 19.2 Å². The number of carbonyl (C=O) groups is 1. The number of hydrogen-bond donors (Lipinski definition) is 1. The molecule has 1 rings (SSSR count). The maximum absolute atomic E-state index is 12.2. The average Bonchev–Trinajstić information content (AvgIpc) is 2.55. The van der Waals surface area contributed by atoms with Crippen LogP contribution in [0.1, 0.15) is 27.7 Å². The number of nitrogens with zero attached hydrogens (tertiary/aromatic N) is 2. The lowest BCUT2D eigenvalue weighted by Crippen LogP contribution is -2.39. The van der Waals surface area contributed by atoms with Gasteiger partial charge in [0.15, 0.2) is 0 Å². The Hall–Kier alpha value is -2.29. The fourth-order valence-corrected chi connectivity index (χ4v) is 2.71. The Morgan fingerprint density at radius 1 is 1.23 bits per heavy atom. The number of hydrogen-bond acceptors (Lipinski definition) is 6. The van der Waals surface area contributed by atoms with Crippen LogP contribution in [0.25, 0.3) is 0 Å². The van der Waals surface area contributed by atoms with Crippen LogP contribution in [0.3, 0.4) is 0 Å². The molecule has 1 N–H and O–H groups in total. The molecule has 1 aromatic carbocycles. The SMILES string of the molecule is COc1ccc(N(CC(=O)N/N=C(/C)C(C)(C)C)S(C)(=O)=O)c(OC)c1. The van der Waals surface area contributed by atoms with E-state index < -0.39 is 22.5 Å². The number of rotatable bonds is 7. The fourth-order valence-electron chi connectivity index (χ4n) is 1.85. The standard InChI is InChI=1S/C17H27N3O5S/c1-12(17(2,3)4)18-19-16(21)11-20(26(7,22)23)14-9-8-13(24-5)10-15(14)25-6/h8-10H,11H2,1-7H3,(H,19,21)/b18-12-. The van der Waals surface area contributed by atoms with Crippen molar-refractivity contribution in [3.05, 3.63) is 18.2 Å². The molecule has 0 bridgehead atoms. The van der Waals surface area contributed by atoms with Crippen molar-refractivity contribution in [1.29, 1.82) is 0 Å². The summed E-state index contributed by atoms with van der Waals surface area (Å²) in [7, 11) is -0.825. The fraction of sp³-hybridized carbons (Fsp3) is 0.529. The van der Waals surface area contributed by atoms with Gasteiger partial charge in [0.1, 0.15) is 18.0 Å². The highest BCUT2D eigenvalue weighted by molar-refractivity contribution is 7.92. The molecule has 146 valence electrons. The van der Waals surface area contributed by atoms with Crippen molar-refractivity contribution >= 4 is 27.3 Å². The Labute approximate surface area is 155 Å². The molecular weight excluding hydrogens is 358 g/mol. The third-order valence-corrected chi connectivity index (χ3v) is 4.90. The summed E-state index contributed by atoms with van der Waals surface area (Å²) in [6, 6.07) is 4.67. The van der Waals surface area contributed by atoms with Gasteiger partial charge in [-0.05, 0) is 19.1 Å². The molecule has 0 aliphatic rings. The molecule has 0 heterocycles. The number of benzene rings is 1. The van der Waals surface area contributed by atoms with Crippen LogP contribution in [0.2, 0.25) is 0 Å². The number of sulfonamides is 1. The van der Waals surface area contributed by atoms with E-state index in [0.717, 1.165) is 16.3 Å². The number of nitrogens with one attached hydrogen (secondary N) is 1. The van der Waals surface area contributed by atoms with Crippen LogP contribution in [0.15, 0.2) is 23.3 Å². The second-order valence-electron chi connectivity index (χ2n) is 6.79. The lowest BCUT2D eigenvalue weighted by molar-refractivity contribution is -0.119. The van der Waals surface area contributed by atoms with Crippen molar-refractivity contribution in [1.82, 2.24) is 5.43 Å². The third kappa shape index (κ3) is 5.91.